The standard InChI is InChI=1S/C32H54N4O6/c1-12-23(4)29(26(41-11)18-20-37)36(10)27(38)21-33-30(39)28(22(2)3)34(8)19-17-24-13-15-25(16-14-24)35(9)31(40)42-32(5,6)7/h13-16,20,22-23,26,28-29H,12,17-19,21H2,1-11H3,(H,33,39)/t23-,26+,28-,29-/m0/s1. The van der Waals surface area contributed by atoms with Gasteiger partial charge in [0.1, 0.15) is 11.9 Å². The lowest BCUT2D eigenvalue weighted by atomic mass is 9.91. The second-order valence-corrected chi connectivity index (χ2v) is 12.4. The average Bonchev–Trinajstić information content (AvgIpc) is 2.92. The monoisotopic (exact) mass is 590 g/mol. The predicted molar refractivity (Wildman–Crippen MR) is 167 cm³/mol. The third kappa shape index (κ3) is 11.4. The normalized spacial score (nSPS) is 14.6. The van der Waals surface area contributed by atoms with E-state index in [2.05, 4.69) is 5.32 Å². The van der Waals surface area contributed by atoms with E-state index in [1.54, 1.807) is 26.1 Å². The van der Waals surface area contributed by atoms with Crippen molar-refractivity contribution in [3.8, 4) is 0 Å². The van der Waals surface area contributed by atoms with Gasteiger partial charge in [-0.25, -0.2) is 4.79 Å². The van der Waals surface area contributed by atoms with Crippen LogP contribution in [0.15, 0.2) is 24.3 Å². The van der Waals surface area contributed by atoms with Gasteiger partial charge in [-0.15, -0.1) is 0 Å². The smallest absolute Gasteiger partial charge is 0.414 e. The van der Waals surface area contributed by atoms with Crippen LogP contribution in [-0.4, -0.2) is 99.1 Å². The summed E-state index contributed by atoms with van der Waals surface area (Å²) in [6.07, 6.45) is 1.69. The quantitative estimate of drug-likeness (QED) is 0.288. The zero-order valence-electron chi connectivity index (χ0n) is 27.6. The molecule has 0 bridgehead atoms. The summed E-state index contributed by atoms with van der Waals surface area (Å²) in [6, 6.07) is 6.98. The summed E-state index contributed by atoms with van der Waals surface area (Å²) in [5.41, 5.74) is 1.23. The zero-order chi connectivity index (χ0) is 32.2. The number of methoxy groups -OCH3 is 1. The van der Waals surface area contributed by atoms with E-state index in [4.69, 9.17) is 9.47 Å². The Balaban J connectivity index is 2.81. The molecule has 42 heavy (non-hydrogen) atoms. The van der Waals surface area contributed by atoms with Gasteiger partial charge in [-0.1, -0.05) is 46.2 Å². The molecule has 0 unspecified atom stereocenters. The number of amides is 3. The topological polar surface area (TPSA) is 108 Å². The number of carbonyl (C=O) groups excluding carboxylic acids is 4. The molecule has 1 N–H and O–H groups in total. The van der Waals surface area contributed by atoms with Gasteiger partial charge in [-0.05, 0) is 63.8 Å². The van der Waals surface area contributed by atoms with E-state index >= 15 is 0 Å². The zero-order valence-corrected chi connectivity index (χ0v) is 27.6. The summed E-state index contributed by atoms with van der Waals surface area (Å²) in [7, 11) is 6.83. The molecule has 0 aliphatic heterocycles. The molecule has 0 saturated heterocycles. The molecular formula is C32H54N4O6. The molecule has 238 valence electrons. The van der Waals surface area contributed by atoms with Crippen molar-refractivity contribution in [2.75, 3.05) is 46.2 Å². The van der Waals surface area contributed by atoms with Crippen molar-refractivity contribution in [3.05, 3.63) is 29.8 Å². The molecule has 10 nitrogen and oxygen atoms in total. The van der Waals surface area contributed by atoms with Crippen molar-refractivity contribution in [2.45, 2.75) is 91.5 Å². The van der Waals surface area contributed by atoms with Crippen LogP contribution in [-0.2, 0) is 30.3 Å². The molecule has 0 heterocycles. The molecule has 0 spiro atoms. The summed E-state index contributed by atoms with van der Waals surface area (Å²) in [5, 5.41) is 2.84. The molecule has 4 atom stereocenters. The number of hydrogen-bond donors (Lipinski definition) is 1. The van der Waals surface area contributed by atoms with Crippen LogP contribution in [0, 0.1) is 11.8 Å². The molecule has 0 fully saturated rings. The van der Waals surface area contributed by atoms with E-state index in [0.717, 1.165) is 24.0 Å². The van der Waals surface area contributed by atoms with E-state index in [0.29, 0.717) is 13.0 Å². The molecule has 0 aliphatic rings. The number of hydrogen-bond acceptors (Lipinski definition) is 7. The summed E-state index contributed by atoms with van der Waals surface area (Å²) in [4.78, 5) is 55.0. The van der Waals surface area contributed by atoms with Crippen molar-refractivity contribution in [1.82, 2.24) is 15.1 Å². The summed E-state index contributed by atoms with van der Waals surface area (Å²) >= 11 is 0. The van der Waals surface area contributed by atoms with Crippen LogP contribution in [0.5, 0.6) is 0 Å². The summed E-state index contributed by atoms with van der Waals surface area (Å²) in [5.74, 6) is -0.310. The van der Waals surface area contributed by atoms with Crippen molar-refractivity contribution < 1.29 is 28.7 Å². The first kappa shape index (κ1) is 37.0. The number of nitrogens with one attached hydrogen (secondary N) is 1. The molecule has 10 heteroatoms. The van der Waals surface area contributed by atoms with Crippen LogP contribution < -0.4 is 10.2 Å². The maximum Gasteiger partial charge on any atom is 0.414 e. The first-order chi connectivity index (χ1) is 19.6. The Labute approximate surface area is 253 Å². The molecule has 0 aliphatic carbocycles. The van der Waals surface area contributed by atoms with E-state index in [1.807, 2.05) is 84.7 Å². The van der Waals surface area contributed by atoms with Crippen LogP contribution in [0.4, 0.5) is 10.5 Å². The number of rotatable bonds is 16. The maximum atomic E-state index is 13.3. The minimum absolute atomic E-state index is 0.0195. The van der Waals surface area contributed by atoms with Crippen LogP contribution in [0.25, 0.3) is 0 Å². The highest BCUT2D eigenvalue weighted by Crippen LogP contribution is 2.21. The summed E-state index contributed by atoms with van der Waals surface area (Å²) < 4.78 is 11.0. The highest BCUT2D eigenvalue weighted by atomic mass is 16.6. The van der Waals surface area contributed by atoms with Crippen LogP contribution in [0.3, 0.4) is 0 Å². The Hall–Kier alpha value is -2.98. The first-order valence-electron chi connectivity index (χ1n) is 14.8. The molecule has 0 aromatic heterocycles. The van der Waals surface area contributed by atoms with Gasteiger partial charge in [0.2, 0.25) is 11.8 Å². The largest absolute Gasteiger partial charge is 0.443 e. The van der Waals surface area contributed by atoms with Gasteiger partial charge in [0.25, 0.3) is 0 Å². The van der Waals surface area contributed by atoms with Gasteiger partial charge in [0, 0.05) is 39.9 Å². The minimum atomic E-state index is -0.571. The molecule has 0 radical (unpaired) electrons. The fourth-order valence-electron chi connectivity index (χ4n) is 5.05. The molecular weight excluding hydrogens is 536 g/mol. The molecule has 1 aromatic rings. The Bertz CT molecular complexity index is 1010. The maximum absolute atomic E-state index is 13.3. The lowest BCUT2D eigenvalue weighted by Crippen LogP contribution is -2.54. The van der Waals surface area contributed by atoms with Crippen LogP contribution in [0.1, 0.15) is 66.9 Å². The number of anilines is 1. The number of likely N-dealkylation sites (N-methyl/N-ethyl adjacent to an activating group) is 2. The van der Waals surface area contributed by atoms with E-state index < -0.39 is 23.8 Å². The lowest BCUT2D eigenvalue weighted by molar-refractivity contribution is -0.139. The molecule has 0 saturated carbocycles. The van der Waals surface area contributed by atoms with Gasteiger partial charge >= 0.3 is 6.09 Å². The van der Waals surface area contributed by atoms with Gasteiger partial charge < -0.3 is 24.5 Å². The van der Waals surface area contributed by atoms with Crippen LogP contribution in [0.2, 0.25) is 0 Å². The molecule has 1 rings (SSSR count). The molecule has 1 aromatic carbocycles. The Kier molecular flexibility index (Phi) is 15.2. The van der Waals surface area contributed by atoms with Crippen LogP contribution >= 0.6 is 0 Å². The first-order valence-corrected chi connectivity index (χ1v) is 14.8. The van der Waals surface area contributed by atoms with E-state index in [9.17, 15) is 19.2 Å². The third-order valence-electron chi connectivity index (χ3n) is 7.61. The van der Waals surface area contributed by atoms with Gasteiger partial charge in [-0.2, -0.15) is 0 Å². The van der Waals surface area contributed by atoms with Crippen molar-refractivity contribution >= 4 is 29.9 Å². The molecule has 3 amide bonds. The highest BCUT2D eigenvalue weighted by molar-refractivity contribution is 5.88. The number of benzene rings is 1. The lowest BCUT2D eigenvalue weighted by Gasteiger charge is -2.37. The number of carbonyl (C=O) groups is 4. The third-order valence-corrected chi connectivity index (χ3v) is 7.61. The number of aldehydes is 1. The second-order valence-electron chi connectivity index (χ2n) is 12.4. The van der Waals surface area contributed by atoms with Gasteiger partial charge in [0.15, 0.2) is 0 Å². The van der Waals surface area contributed by atoms with Crippen molar-refractivity contribution in [2.24, 2.45) is 11.8 Å². The Morgan fingerprint density at radius 3 is 2.10 bits per heavy atom. The fourth-order valence-corrected chi connectivity index (χ4v) is 5.05. The number of ether oxygens (including phenoxy) is 2. The highest BCUT2D eigenvalue weighted by Gasteiger charge is 2.33. The average molecular weight is 591 g/mol. The minimum Gasteiger partial charge on any atom is -0.443 e. The SMILES string of the molecule is CC[C@H](C)[C@@H]([C@@H](CC=O)OC)N(C)C(=O)CNC(=O)[C@H](C(C)C)N(C)CCc1ccc(N(C)C(=O)OC(C)(C)C)cc1. The van der Waals surface area contributed by atoms with E-state index in [-0.39, 0.29) is 42.7 Å². The predicted octanol–water partition coefficient (Wildman–Crippen LogP) is 4.15. The van der Waals surface area contributed by atoms with Crippen molar-refractivity contribution in [3.63, 3.8) is 0 Å². The van der Waals surface area contributed by atoms with E-state index in [1.165, 1.54) is 4.90 Å². The Morgan fingerprint density at radius 1 is 1.02 bits per heavy atom. The fraction of sp³-hybridized carbons (Fsp3) is 0.688. The van der Waals surface area contributed by atoms with Crippen molar-refractivity contribution in [1.29, 1.82) is 0 Å². The second kappa shape index (κ2) is 17.2. The van der Waals surface area contributed by atoms with Gasteiger partial charge in [-0.3, -0.25) is 19.4 Å². The summed E-state index contributed by atoms with van der Waals surface area (Å²) in [6.45, 7) is 14.0. The number of nitrogens with zero attached hydrogens (tertiary/aromatic N) is 3. The van der Waals surface area contributed by atoms with Gasteiger partial charge in [0.05, 0.1) is 24.7 Å². The Morgan fingerprint density at radius 2 is 1.62 bits per heavy atom.